The Bertz CT molecular complexity index is 791. The van der Waals surface area contributed by atoms with Crippen LogP contribution in [0.25, 0.3) is 0 Å². The van der Waals surface area contributed by atoms with Crippen molar-refractivity contribution in [3.63, 3.8) is 0 Å². The fraction of sp³-hybridized carbons (Fsp3) is 0.872. The topological polar surface area (TPSA) is 61.8 Å². The average molecular weight is 733 g/mol. The number of ether oxygens (including phenoxy) is 3. The molecule has 52 heavy (non-hydrogen) atoms. The minimum Gasteiger partial charge on any atom is -0.462 e. The molecule has 0 rings (SSSR count). The van der Waals surface area contributed by atoms with Crippen LogP contribution < -0.4 is 0 Å². The van der Waals surface area contributed by atoms with Crippen LogP contribution in [-0.2, 0) is 23.8 Å². The van der Waals surface area contributed by atoms with Crippen molar-refractivity contribution in [3.05, 3.63) is 24.3 Å². The third-order valence-electron chi connectivity index (χ3n) is 9.99. The van der Waals surface area contributed by atoms with Gasteiger partial charge in [0, 0.05) is 19.4 Å². The summed E-state index contributed by atoms with van der Waals surface area (Å²) >= 11 is 0. The maximum Gasteiger partial charge on any atom is 0.306 e. The molecule has 0 bridgehead atoms. The van der Waals surface area contributed by atoms with Gasteiger partial charge in [0.25, 0.3) is 0 Å². The summed E-state index contributed by atoms with van der Waals surface area (Å²) in [5.41, 5.74) is 0. The standard InChI is InChI=1S/C47H88O5/c1-4-7-10-13-16-18-20-21-22-23-24-25-26-27-28-29-32-34-37-40-46(48)51-44-45(52-47(49)41-38-35-31-15-12-9-6-3)43-50-42-39-36-33-30-19-17-14-11-8-5-2/h16,18,21-22,45H,4-15,17,19-20,23-44H2,1-3H3/b18-16-,22-21-. The summed E-state index contributed by atoms with van der Waals surface area (Å²) in [5, 5.41) is 0. The van der Waals surface area contributed by atoms with Crippen molar-refractivity contribution in [3.8, 4) is 0 Å². The van der Waals surface area contributed by atoms with Gasteiger partial charge in [-0.15, -0.1) is 0 Å². The molecule has 5 nitrogen and oxygen atoms in total. The Balaban J connectivity index is 4.06. The largest absolute Gasteiger partial charge is 0.462 e. The maximum atomic E-state index is 12.6. The maximum absolute atomic E-state index is 12.6. The third kappa shape index (κ3) is 41.1. The number of unbranched alkanes of at least 4 members (excludes halogenated alkanes) is 27. The number of carbonyl (C=O) groups excluding carboxylic acids is 2. The molecule has 1 unspecified atom stereocenters. The van der Waals surface area contributed by atoms with Gasteiger partial charge in [0.2, 0.25) is 0 Å². The predicted molar refractivity (Wildman–Crippen MR) is 224 cm³/mol. The molecule has 5 heteroatoms. The zero-order valence-electron chi connectivity index (χ0n) is 35.1. The minimum atomic E-state index is -0.526. The molecule has 0 aliphatic rings. The molecule has 306 valence electrons. The first-order valence-electron chi connectivity index (χ1n) is 22.9. The van der Waals surface area contributed by atoms with Crippen molar-refractivity contribution in [2.75, 3.05) is 19.8 Å². The Kier molecular flexibility index (Phi) is 42.4. The molecule has 0 aliphatic heterocycles. The zero-order chi connectivity index (χ0) is 37.8. The number of esters is 2. The minimum absolute atomic E-state index is 0.0889. The van der Waals surface area contributed by atoms with E-state index in [1.165, 1.54) is 167 Å². The Morgan fingerprint density at radius 1 is 0.423 bits per heavy atom. The Morgan fingerprint density at radius 2 is 0.808 bits per heavy atom. The second-order valence-corrected chi connectivity index (χ2v) is 15.3. The molecule has 0 radical (unpaired) electrons. The molecule has 0 fully saturated rings. The Labute approximate surface area is 324 Å². The lowest BCUT2D eigenvalue weighted by atomic mass is 10.1. The van der Waals surface area contributed by atoms with E-state index in [1.54, 1.807) is 0 Å². The van der Waals surface area contributed by atoms with E-state index >= 15 is 0 Å². The first kappa shape index (κ1) is 50.4. The van der Waals surface area contributed by atoms with Crippen molar-refractivity contribution >= 4 is 11.9 Å². The van der Waals surface area contributed by atoms with Gasteiger partial charge in [-0.05, 0) is 51.4 Å². The molecule has 1 atom stereocenters. The van der Waals surface area contributed by atoms with Gasteiger partial charge in [0.05, 0.1) is 6.61 Å². The summed E-state index contributed by atoms with van der Waals surface area (Å²) in [6.45, 7) is 7.78. The summed E-state index contributed by atoms with van der Waals surface area (Å²) in [6.07, 6.45) is 49.0. The summed E-state index contributed by atoms with van der Waals surface area (Å²) in [5.74, 6) is -0.398. The molecule has 0 amide bonds. The zero-order valence-corrected chi connectivity index (χ0v) is 35.1. The molecule has 0 saturated carbocycles. The molecule has 0 spiro atoms. The van der Waals surface area contributed by atoms with E-state index in [9.17, 15) is 9.59 Å². The third-order valence-corrected chi connectivity index (χ3v) is 9.99. The Hall–Kier alpha value is -1.62. The number of rotatable bonds is 42. The second kappa shape index (κ2) is 43.8. The first-order chi connectivity index (χ1) is 25.6. The number of hydrogen-bond acceptors (Lipinski definition) is 5. The van der Waals surface area contributed by atoms with E-state index in [-0.39, 0.29) is 18.5 Å². The van der Waals surface area contributed by atoms with E-state index in [1.807, 2.05) is 0 Å². The SMILES string of the molecule is CCCCC/C=C\C/C=C\CCCCCCCCCCCC(=O)OCC(COCCCCCCCCCCCC)OC(=O)CCCCCCCCC. The lowest BCUT2D eigenvalue weighted by Gasteiger charge is -2.18. The molecular formula is C47H88O5. The van der Waals surface area contributed by atoms with Gasteiger partial charge in [-0.25, -0.2) is 0 Å². The molecule has 0 aromatic heterocycles. The van der Waals surface area contributed by atoms with Crippen LogP contribution in [0.5, 0.6) is 0 Å². The summed E-state index contributed by atoms with van der Waals surface area (Å²) in [4.78, 5) is 25.1. The van der Waals surface area contributed by atoms with E-state index < -0.39 is 6.10 Å². The average Bonchev–Trinajstić information content (AvgIpc) is 3.14. The summed E-state index contributed by atoms with van der Waals surface area (Å²) in [6, 6.07) is 0. The molecule has 0 saturated heterocycles. The molecule has 0 aromatic carbocycles. The van der Waals surface area contributed by atoms with Crippen molar-refractivity contribution in [1.82, 2.24) is 0 Å². The fourth-order valence-electron chi connectivity index (χ4n) is 6.54. The van der Waals surface area contributed by atoms with Gasteiger partial charge in [0.15, 0.2) is 6.10 Å². The van der Waals surface area contributed by atoms with E-state index in [0.29, 0.717) is 26.1 Å². The van der Waals surface area contributed by atoms with E-state index in [0.717, 1.165) is 38.5 Å². The molecule has 0 heterocycles. The fourth-order valence-corrected chi connectivity index (χ4v) is 6.54. The highest BCUT2D eigenvalue weighted by atomic mass is 16.6. The van der Waals surface area contributed by atoms with Crippen molar-refractivity contribution in [2.24, 2.45) is 0 Å². The smallest absolute Gasteiger partial charge is 0.306 e. The van der Waals surface area contributed by atoms with Crippen LogP contribution in [-0.4, -0.2) is 37.9 Å². The molecule has 0 N–H and O–H groups in total. The number of carbonyl (C=O) groups is 2. The van der Waals surface area contributed by atoms with Gasteiger partial charge in [-0.1, -0.05) is 199 Å². The van der Waals surface area contributed by atoms with Crippen LogP contribution in [0.15, 0.2) is 24.3 Å². The first-order valence-corrected chi connectivity index (χ1v) is 22.9. The monoisotopic (exact) mass is 733 g/mol. The van der Waals surface area contributed by atoms with Crippen molar-refractivity contribution in [1.29, 1.82) is 0 Å². The van der Waals surface area contributed by atoms with E-state index in [4.69, 9.17) is 14.2 Å². The van der Waals surface area contributed by atoms with Crippen LogP contribution >= 0.6 is 0 Å². The normalized spacial score (nSPS) is 12.3. The molecule has 0 aliphatic carbocycles. The van der Waals surface area contributed by atoms with Crippen LogP contribution in [0.2, 0.25) is 0 Å². The van der Waals surface area contributed by atoms with Crippen LogP contribution in [0.3, 0.4) is 0 Å². The van der Waals surface area contributed by atoms with Gasteiger partial charge in [0.1, 0.15) is 6.61 Å². The van der Waals surface area contributed by atoms with Gasteiger partial charge in [-0.2, -0.15) is 0 Å². The van der Waals surface area contributed by atoms with Gasteiger partial charge >= 0.3 is 11.9 Å². The van der Waals surface area contributed by atoms with Gasteiger partial charge < -0.3 is 14.2 Å². The quantitative estimate of drug-likeness (QED) is 0.0355. The van der Waals surface area contributed by atoms with Crippen molar-refractivity contribution < 1.29 is 23.8 Å². The lowest BCUT2D eigenvalue weighted by Crippen LogP contribution is -2.30. The predicted octanol–water partition coefficient (Wildman–Crippen LogP) is 14.9. The molecule has 0 aromatic rings. The number of allylic oxidation sites excluding steroid dienone is 4. The van der Waals surface area contributed by atoms with Crippen LogP contribution in [0.1, 0.15) is 239 Å². The summed E-state index contributed by atoms with van der Waals surface area (Å²) < 4.78 is 17.2. The Morgan fingerprint density at radius 3 is 1.31 bits per heavy atom. The lowest BCUT2D eigenvalue weighted by molar-refractivity contribution is -0.163. The number of hydrogen-bond donors (Lipinski definition) is 0. The molecular weight excluding hydrogens is 645 g/mol. The highest BCUT2D eigenvalue weighted by Crippen LogP contribution is 2.14. The highest BCUT2D eigenvalue weighted by Gasteiger charge is 2.17. The van der Waals surface area contributed by atoms with Crippen LogP contribution in [0.4, 0.5) is 0 Å². The van der Waals surface area contributed by atoms with Gasteiger partial charge in [-0.3, -0.25) is 9.59 Å². The van der Waals surface area contributed by atoms with E-state index in [2.05, 4.69) is 45.1 Å². The van der Waals surface area contributed by atoms with Crippen LogP contribution in [0, 0.1) is 0 Å². The second-order valence-electron chi connectivity index (χ2n) is 15.3. The highest BCUT2D eigenvalue weighted by molar-refractivity contribution is 5.70. The van der Waals surface area contributed by atoms with Crippen molar-refractivity contribution in [2.45, 2.75) is 245 Å². The summed E-state index contributed by atoms with van der Waals surface area (Å²) in [7, 11) is 0.